The fraction of sp³-hybridized carbons (Fsp3) is 0.778. The predicted molar refractivity (Wildman–Crippen MR) is 51.0 cm³/mol. The molecular formula is C9H16N2O3. The molecule has 0 radical (unpaired) electrons. The zero-order valence-corrected chi connectivity index (χ0v) is 8.49. The second-order valence-corrected chi connectivity index (χ2v) is 3.90. The van der Waals surface area contributed by atoms with Crippen molar-refractivity contribution in [1.82, 2.24) is 10.2 Å². The van der Waals surface area contributed by atoms with E-state index in [2.05, 4.69) is 5.32 Å². The van der Waals surface area contributed by atoms with Crippen molar-refractivity contribution in [2.75, 3.05) is 13.1 Å². The van der Waals surface area contributed by atoms with Crippen molar-refractivity contribution in [2.45, 2.75) is 26.3 Å². The Morgan fingerprint density at radius 3 is 2.86 bits per heavy atom. The summed E-state index contributed by atoms with van der Waals surface area (Å²) in [6.07, 6.45) is 0.115. The van der Waals surface area contributed by atoms with E-state index in [0.29, 0.717) is 13.1 Å². The minimum Gasteiger partial charge on any atom is -0.481 e. The van der Waals surface area contributed by atoms with Gasteiger partial charge in [-0.2, -0.15) is 0 Å². The van der Waals surface area contributed by atoms with Crippen molar-refractivity contribution in [3.63, 3.8) is 0 Å². The number of urea groups is 1. The molecule has 1 atom stereocenters. The Morgan fingerprint density at radius 2 is 2.36 bits per heavy atom. The molecule has 1 heterocycles. The van der Waals surface area contributed by atoms with Gasteiger partial charge in [0.1, 0.15) is 0 Å². The van der Waals surface area contributed by atoms with Gasteiger partial charge in [0.2, 0.25) is 0 Å². The summed E-state index contributed by atoms with van der Waals surface area (Å²) in [5, 5.41) is 11.3. The van der Waals surface area contributed by atoms with Gasteiger partial charge in [0, 0.05) is 25.0 Å². The first-order valence-corrected chi connectivity index (χ1v) is 4.77. The van der Waals surface area contributed by atoms with Gasteiger partial charge < -0.3 is 15.3 Å². The zero-order chi connectivity index (χ0) is 10.7. The van der Waals surface area contributed by atoms with Crippen molar-refractivity contribution in [3.05, 3.63) is 0 Å². The number of hydrogen-bond acceptors (Lipinski definition) is 2. The average molecular weight is 200 g/mol. The highest BCUT2D eigenvalue weighted by atomic mass is 16.4. The monoisotopic (exact) mass is 200 g/mol. The summed E-state index contributed by atoms with van der Waals surface area (Å²) in [5.41, 5.74) is 0. The van der Waals surface area contributed by atoms with Gasteiger partial charge in [-0.05, 0) is 13.8 Å². The highest BCUT2D eigenvalue weighted by Crippen LogP contribution is 2.13. The van der Waals surface area contributed by atoms with Crippen LogP contribution >= 0.6 is 0 Å². The summed E-state index contributed by atoms with van der Waals surface area (Å²) in [5.74, 6) is -0.789. The lowest BCUT2D eigenvalue weighted by Crippen LogP contribution is -2.53. The van der Waals surface area contributed by atoms with Gasteiger partial charge in [0.25, 0.3) is 0 Å². The highest BCUT2D eigenvalue weighted by molar-refractivity contribution is 5.75. The van der Waals surface area contributed by atoms with Gasteiger partial charge in [-0.25, -0.2) is 4.79 Å². The Labute approximate surface area is 83.1 Å². The summed E-state index contributed by atoms with van der Waals surface area (Å²) >= 11 is 0. The van der Waals surface area contributed by atoms with Crippen molar-refractivity contribution in [3.8, 4) is 0 Å². The van der Waals surface area contributed by atoms with E-state index in [1.54, 1.807) is 4.90 Å². The maximum absolute atomic E-state index is 11.3. The molecule has 1 rings (SSSR count). The minimum atomic E-state index is -0.810. The number of carboxylic acid groups (broad SMARTS) is 1. The lowest BCUT2D eigenvalue weighted by Gasteiger charge is -2.35. The number of aliphatic carboxylic acids is 1. The zero-order valence-electron chi connectivity index (χ0n) is 8.49. The van der Waals surface area contributed by atoms with Gasteiger partial charge in [-0.1, -0.05) is 0 Å². The van der Waals surface area contributed by atoms with Crippen molar-refractivity contribution >= 4 is 12.0 Å². The average Bonchev–Trinajstić information content (AvgIpc) is 2.07. The van der Waals surface area contributed by atoms with Crippen LogP contribution in [0.4, 0.5) is 4.79 Å². The largest absolute Gasteiger partial charge is 0.481 e. The number of nitrogens with zero attached hydrogens (tertiary/aromatic N) is 1. The molecular weight excluding hydrogens is 184 g/mol. The summed E-state index contributed by atoms with van der Waals surface area (Å²) < 4.78 is 0. The highest BCUT2D eigenvalue weighted by Gasteiger charge is 2.27. The van der Waals surface area contributed by atoms with Crippen molar-refractivity contribution < 1.29 is 14.7 Å². The number of carboxylic acids is 1. The maximum Gasteiger partial charge on any atom is 0.317 e. The fourth-order valence-corrected chi connectivity index (χ4v) is 1.59. The minimum absolute atomic E-state index is 0.0209. The molecule has 1 unspecified atom stereocenters. The molecule has 0 aromatic rings. The van der Waals surface area contributed by atoms with Crippen LogP contribution in [0.15, 0.2) is 0 Å². The van der Waals surface area contributed by atoms with Crippen LogP contribution < -0.4 is 5.32 Å². The second kappa shape index (κ2) is 4.30. The standard InChI is InChI=1S/C9H16N2O3/c1-6(2)11-5-7(3-8(12)13)4-10-9(11)14/h6-7H,3-5H2,1-2H3,(H,10,14)(H,12,13). The molecule has 80 valence electrons. The summed E-state index contributed by atoms with van der Waals surface area (Å²) in [7, 11) is 0. The van der Waals surface area contributed by atoms with Gasteiger partial charge in [0.15, 0.2) is 0 Å². The number of carbonyl (C=O) groups is 2. The van der Waals surface area contributed by atoms with Crippen LogP contribution in [0.5, 0.6) is 0 Å². The molecule has 2 N–H and O–H groups in total. The lowest BCUT2D eigenvalue weighted by atomic mass is 10.0. The second-order valence-electron chi connectivity index (χ2n) is 3.90. The molecule has 0 spiro atoms. The molecule has 2 amide bonds. The molecule has 0 bridgehead atoms. The van der Waals surface area contributed by atoms with Crippen LogP contribution in [0.25, 0.3) is 0 Å². The Hall–Kier alpha value is -1.26. The first kappa shape index (κ1) is 10.8. The quantitative estimate of drug-likeness (QED) is 0.697. The molecule has 0 aromatic heterocycles. The van der Waals surface area contributed by atoms with Crippen LogP contribution in [0.2, 0.25) is 0 Å². The topological polar surface area (TPSA) is 69.6 Å². The Morgan fingerprint density at radius 1 is 1.71 bits per heavy atom. The molecule has 14 heavy (non-hydrogen) atoms. The lowest BCUT2D eigenvalue weighted by molar-refractivity contribution is -0.138. The van der Waals surface area contributed by atoms with E-state index in [-0.39, 0.29) is 24.4 Å². The SMILES string of the molecule is CC(C)N1CC(CC(=O)O)CNC1=O. The predicted octanol–water partition coefficient (Wildman–Crippen LogP) is 0.511. The van der Waals surface area contributed by atoms with Gasteiger partial charge in [-0.3, -0.25) is 4.79 Å². The van der Waals surface area contributed by atoms with E-state index < -0.39 is 5.97 Å². The first-order chi connectivity index (χ1) is 6.50. The number of hydrogen-bond donors (Lipinski definition) is 2. The summed E-state index contributed by atoms with van der Waals surface area (Å²) in [6, 6.07) is 0.0215. The van der Waals surface area contributed by atoms with Crippen molar-refractivity contribution in [1.29, 1.82) is 0 Å². The third kappa shape index (κ3) is 2.61. The Balaban J connectivity index is 2.53. The number of carbonyl (C=O) groups excluding carboxylic acids is 1. The van der Waals surface area contributed by atoms with Crippen LogP contribution in [0.1, 0.15) is 20.3 Å². The first-order valence-electron chi connectivity index (χ1n) is 4.77. The van der Waals surface area contributed by atoms with E-state index >= 15 is 0 Å². The third-order valence-electron chi connectivity index (χ3n) is 2.34. The molecule has 1 aliphatic rings. The third-order valence-corrected chi connectivity index (χ3v) is 2.34. The van der Waals surface area contributed by atoms with E-state index in [4.69, 9.17) is 5.11 Å². The summed E-state index contributed by atoms with van der Waals surface area (Å²) in [6.45, 7) is 4.84. The smallest absolute Gasteiger partial charge is 0.317 e. The van der Waals surface area contributed by atoms with E-state index in [1.807, 2.05) is 13.8 Å². The Bertz CT molecular complexity index is 240. The molecule has 1 aliphatic heterocycles. The van der Waals surface area contributed by atoms with Gasteiger partial charge in [-0.15, -0.1) is 0 Å². The molecule has 5 nitrogen and oxygen atoms in total. The molecule has 0 saturated carbocycles. The Kier molecular flexibility index (Phi) is 3.33. The number of nitrogens with one attached hydrogen (secondary N) is 1. The van der Waals surface area contributed by atoms with Gasteiger partial charge >= 0.3 is 12.0 Å². The molecule has 0 aromatic carbocycles. The fourth-order valence-electron chi connectivity index (χ4n) is 1.59. The molecule has 0 aliphatic carbocycles. The maximum atomic E-state index is 11.3. The van der Waals surface area contributed by atoms with E-state index in [1.165, 1.54) is 0 Å². The van der Waals surface area contributed by atoms with Gasteiger partial charge in [0.05, 0.1) is 6.42 Å². The van der Waals surface area contributed by atoms with E-state index in [0.717, 1.165) is 0 Å². The van der Waals surface area contributed by atoms with Crippen LogP contribution in [0, 0.1) is 5.92 Å². The molecule has 5 heteroatoms. The summed E-state index contributed by atoms with van der Waals surface area (Å²) in [4.78, 5) is 23.5. The van der Waals surface area contributed by atoms with Crippen molar-refractivity contribution in [2.24, 2.45) is 5.92 Å². The number of rotatable bonds is 3. The van der Waals surface area contributed by atoms with Crippen LogP contribution in [-0.2, 0) is 4.79 Å². The van der Waals surface area contributed by atoms with Crippen LogP contribution in [0.3, 0.4) is 0 Å². The van der Waals surface area contributed by atoms with E-state index in [9.17, 15) is 9.59 Å². The number of amides is 2. The molecule has 1 saturated heterocycles. The normalized spacial score (nSPS) is 22.4. The van der Waals surface area contributed by atoms with Crippen LogP contribution in [-0.4, -0.2) is 41.1 Å². The molecule has 1 fully saturated rings.